The number of nitrogens with zero attached hydrogens (tertiary/aromatic N) is 2. The highest BCUT2D eigenvalue weighted by Crippen LogP contribution is 2.26. The number of aromatic nitrogens is 2. The average Bonchev–Trinajstić information content (AvgIpc) is 2.77. The van der Waals surface area contributed by atoms with Gasteiger partial charge in [-0.15, -0.1) is 0 Å². The van der Waals surface area contributed by atoms with Crippen molar-refractivity contribution in [1.29, 1.82) is 0 Å². The lowest BCUT2D eigenvalue weighted by molar-refractivity contribution is 0.0545. The minimum Gasteiger partial charge on any atom is -0.508 e. The Kier molecular flexibility index (Phi) is 3.90. The number of benzene rings is 1. The first kappa shape index (κ1) is 13.6. The molecule has 1 aromatic carbocycles. The Bertz CT molecular complexity index is 529. The summed E-state index contributed by atoms with van der Waals surface area (Å²) in [6, 6.07) is 6.65. The first-order chi connectivity index (χ1) is 9.03. The van der Waals surface area contributed by atoms with Gasteiger partial charge in [-0.05, 0) is 31.0 Å². The fourth-order valence-corrected chi connectivity index (χ4v) is 2.18. The van der Waals surface area contributed by atoms with E-state index in [9.17, 15) is 10.2 Å². The number of aliphatic hydroxyl groups is 1. The summed E-state index contributed by atoms with van der Waals surface area (Å²) in [5.74, 6) is 1.08. The molecule has 1 aromatic heterocycles. The number of imidazole rings is 1. The molecule has 1 unspecified atom stereocenters. The number of aromatic hydroxyl groups is 1. The van der Waals surface area contributed by atoms with Crippen molar-refractivity contribution in [3.05, 3.63) is 48.0 Å². The van der Waals surface area contributed by atoms with Gasteiger partial charge in [0.1, 0.15) is 11.6 Å². The van der Waals surface area contributed by atoms with Crippen LogP contribution < -0.4 is 0 Å². The van der Waals surface area contributed by atoms with Crippen LogP contribution in [0.1, 0.15) is 31.7 Å². The summed E-state index contributed by atoms with van der Waals surface area (Å²) in [7, 11) is 0. The van der Waals surface area contributed by atoms with Crippen LogP contribution in [-0.2, 0) is 18.6 Å². The Hall–Kier alpha value is -1.81. The quantitative estimate of drug-likeness (QED) is 0.868. The SMILES string of the molecule is CCCn1ccnc1CC(C)(O)c1ccc(O)cc1. The van der Waals surface area contributed by atoms with Gasteiger partial charge in [0, 0.05) is 25.4 Å². The van der Waals surface area contributed by atoms with Crippen LogP contribution in [0.5, 0.6) is 5.75 Å². The van der Waals surface area contributed by atoms with E-state index in [0.29, 0.717) is 6.42 Å². The van der Waals surface area contributed by atoms with Crippen LogP contribution in [0.4, 0.5) is 0 Å². The number of rotatable bonds is 5. The van der Waals surface area contributed by atoms with Gasteiger partial charge in [-0.25, -0.2) is 4.98 Å². The average molecular weight is 260 g/mol. The third-order valence-electron chi connectivity index (χ3n) is 3.26. The molecule has 0 fully saturated rings. The zero-order valence-corrected chi connectivity index (χ0v) is 11.4. The maximum Gasteiger partial charge on any atom is 0.115 e. The maximum absolute atomic E-state index is 10.6. The summed E-state index contributed by atoms with van der Waals surface area (Å²) >= 11 is 0. The van der Waals surface area contributed by atoms with Gasteiger partial charge in [-0.2, -0.15) is 0 Å². The van der Waals surface area contributed by atoms with Gasteiger partial charge in [0.15, 0.2) is 0 Å². The third-order valence-corrected chi connectivity index (χ3v) is 3.26. The molecule has 0 amide bonds. The molecule has 19 heavy (non-hydrogen) atoms. The lowest BCUT2D eigenvalue weighted by atomic mass is 9.92. The topological polar surface area (TPSA) is 58.3 Å². The van der Waals surface area contributed by atoms with Gasteiger partial charge in [0.05, 0.1) is 5.60 Å². The molecular formula is C15H20N2O2. The Morgan fingerprint density at radius 2 is 1.95 bits per heavy atom. The Morgan fingerprint density at radius 3 is 2.58 bits per heavy atom. The molecule has 0 aliphatic heterocycles. The van der Waals surface area contributed by atoms with Crippen molar-refractivity contribution in [2.45, 2.75) is 38.8 Å². The molecule has 0 bridgehead atoms. The van der Waals surface area contributed by atoms with Crippen molar-refractivity contribution in [3.8, 4) is 5.75 Å². The fraction of sp³-hybridized carbons (Fsp3) is 0.400. The number of phenolic OH excluding ortho intramolecular Hbond substituents is 1. The lowest BCUT2D eigenvalue weighted by Gasteiger charge is -2.24. The van der Waals surface area contributed by atoms with E-state index in [-0.39, 0.29) is 5.75 Å². The van der Waals surface area contributed by atoms with Crippen LogP contribution in [0, 0.1) is 0 Å². The smallest absolute Gasteiger partial charge is 0.115 e. The zero-order chi connectivity index (χ0) is 13.9. The van der Waals surface area contributed by atoms with Crippen molar-refractivity contribution >= 4 is 0 Å². The minimum absolute atomic E-state index is 0.201. The molecule has 4 nitrogen and oxygen atoms in total. The molecule has 0 radical (unpaired) electrons. The Balaban J connectivity index is 2.20. The summed E-state index contributed by atoms with van der Waals surface area (Å²) in [6.07, 6.45) is 5.18. The predicted molar refractivity (Wildman–Crippen MR) is 73.9 cm³/mol. The molecule has 2 rings (SSSR count). The summed E-state index contributed by atoms with van der Waals surface area (Å²) < 4.78 is 2.06. The fourth-order valence-electron chi connectivity index (χ4n) is 2.18. The van der Waals surface area contributed by atoms with E-state index in [2.05, 4.69) is 16.5 Å². The molecule has 0 aliphatic carbocycles. The first-order valence-corrected chi connectivity index (χ1v) is 6.55. The maximum atomic E-state index is 10.6. The number of phenols is 1. The van der Waals surface area contributed by atoms with Crippen LogP contribution >= 0.6 is 0 Å². The second kappa shape index (κ2) is 5.45. The second-order valence-corrected chi connectivity index (χ2v) is 5.03. The van der Waals surface area contributed by atoms with E-state index < -0.39 is 5.60 Å². The van der Waals surface area contributed by atoms with E-state index in [0.717, 1.165) is 24.4 Å². The Morgan fingerprint density at radius 1 is 1.26 bits per heavy atom. The van der Waals surface area contributed by atoms with Gasteiger partial charge >= 0.3 is 0 Å². The molecule has 4 heteroatoms. The van der Waals surface area contributed by atoms with Crippen LogP contribution in [0.25, 0.3) is 0 Å². The van der Waals surface area contributed by atoms with E-state index in [1.165, 1.54) is 0 Å². The largest absolute Gasteiger partial charge is 0.508 e. The summed E-state index contributed by atoms with van der Waals surface area (Å²) in [4.78, 5) is 4.32. The van der Waals surface area contributed by atoms with Crippen molar-refractivity contribution in [1.82, 2.24) is 9.55 Å². The third kappa shape index (κ3) is 3.15. The predicted octanol–water partition coefficient (Wildman–Crippen LogP) is 2.45. The van der Waals surface area contributed by atoms with E-state index in [1.807, 2.05) is 6.20 Å². The van der Waals surface area contributed by atoms with E-state index >= 15 is 0 Å². The van der Waals surface area contributed by atoms with E-state index in [4.69, 9.17) is 0 Å². The summed E-state index contributed by atoms with van der Waals surface area (Å²) in [5, 5.41) is 19.9. The van der Waals surface area contributed by atoms with Crippen LogP contribution in [0.2, 0.25) is 0 Å². The normalized spacial score (nSPS) is 14.3. The standard InChI is InChI=1S/C15H20N2O2/c1-3-9-17-10-8-16-14(17)11-15(2,19)12-4-6-13(18)7-5-12/h4-8,10,18-19H,3,9,11H2,1-2H3. The molecule has 0 saturated carbocycles. The van der Waals surface area contributed by atoms with Gasteiger partial charge in [0.25, 0.3) is 0 Å². The molecule has 0 aliphatic rings. The van der Waals surface area contributed by atoms with E-state index in [1.54, 1.807) is 37.4 Å². The second-order valence-electron chi connectivity index (χ2n) is 5.03. The summed E-state index contributed by atoms with van der Waals surface area (Å²) in [6.45, 7) is 4.78. The monoisotopic (exact) mass is 260 g/mol. The molecule has 0 saturated heterocycles. The van der Waals surface area contributed by atoms with Crippen LogP contribution in [-0.4, -0.2) is 19.8 Å². The van der Waals surface area contributed by atoms with Gasteiger partial charge in [0.2, 0.25) is 0 Å². The minimum atomic E-state index is -0.995. The molecule has 1 atom stereocenters. The highest BCUT2D eigenvalue weighted by atomic mass is 16.3. The van der Waals surface area contributed by atoms with Crippen molar-refractivity contribution in [2.24, 2.45) is 0 Å². The first-order valence-electron chi connectivity index (χ1n) is 6.55. The molecule has 1 heterocycles. The van der Waals surface area contributed by atoms with Gasteiger partial charge in [-0.3, -0.25) is 0 Å². The number of hydrogen-bond acceptors (Lipinski definition) is 3. The van der Waals surface area contributed by atoms with Crippen LogP contribution in [0.3, 0.4) is 0 Å². The van der Waals surface area contributed by atoms with Gasteiger partial charge < -0.3 is 14.8 Å². The molecule has 2 N–H and O–H groups in total. The van der Waals surface area contributed by atoms with Crippen LogP contribution in [0.15, 0.2) is 36.7 Å². The van der Waals surface area contributed by atoms with Crippen molar-refractivity contribution in [3.63, 3.8) is 0 Å². The highest BCUT2D eigenvalue weighted by molar-refractivity contribution is 5.30. The van der Waals surface area contributed by atoms with Crippen molar-refractivity contribution in [2.75, 3.05) is 0 Å². The summed E-state index contributed by atoms with van der Waals surface area (Å²) in [5.41, 5.74) is -0.221. The van der Waals surface area contributed by atoms with Crippen molar-refractivity contribution < 1.29 is 10.2 Å². The molecule has 2 aromatic rings. The van der Waals surface area contributed by atoms with Gasteiger partial charge in [-0.1, -0.05) is 19.1 Å². The highest BCUT2D eigenvalue weighted by Gasteiger charge is 2.25. The lowest BCUT2D eigenvalue weighted by Crippen LogP contribution is -2.26. The molecule has 102 valence electrons. The number of aryl methyl sites for hydroxylation is 1. The Labute approximate surface area is 113 Å². The number of hydrogen-bond donors (Lipinski definition) is 2. The zero-order valence-electron chi connectivity index (χ0n) is 11.4. The molecule has 0 spiro atoms. The molecular weight excluding hydrogens is 240 g/mol.